The fourth-order valence-corrected chi connectivity index (χ4v) is 3.60. The molecule has 0 unspecified atom stereocenters. The number of hydrogen-bond donors (Lipinski definition) is 2. The molecule has 0 aromatic heterocycles. The molecule has 2 aromatic carbocycles. The third-order valence-corrected chi connectivity index (χ3v) is 5.25. The van der Waals surface area contributed by atoms with E-state index in [1.807, 2.05) is 43.0 Å². The molecule has 0 fully saturated rings. The Morgan fingerprint density at radius 1 is 1.13 bits per heavy atom. The number of fused-ring (bicyclic) bond motifs is 1. The number of hydrogen-bond acceptors (Lipinski definition) is 3. The Labute approximate surface area is 179 Å². The summed E-state index contributed by atoms with van der Waals surface area (Å²) in [4.78, 5) is 19.1. The normalized spacial score (nSPS) is 13.2. The Hall–Kier alpha value is -3.02. The largest absolute Gasteiger partial charge is 0.496 e. The highest BCUT2D eigenvalue weighted by molar-refractivity contribution is 5.80. The lowest BCUT2D eigenvalue weighted by Crippen LogP contribution is -2.38. The number of rotatable bonds is 8. The number of aliphatic imine (C=N–C) groups is 1. The number of benzene rings is 2. The number of methoxy groups -OCH3 is 1. The topological polar surface area (TPSA) is 66.0 Å². The molecule has 0 bridgehead atoms. The minimum Gasteiger partial charge on any atom is -0.496 e. The van der Waals surface area contributed by atoms with Gasteiger partial charge in [0, 0.05) is 38.2 Å². The van der Waals surface area contributed by atoms with Gasteiger partial charge in [0.15, 0.2) is 5.96 Å². The molecular weight excluding hydrogens is 376 g/mol. The van der Waals surface area contributed by atoms with Gasteiger partial charge < -0.3 is 20.3 Å². The Balaban J connectivity index is 1.46. The molecule has 2 aromatic rings. The summed E-state index contributed by atoms with van der Waals surface area (Å²) < 4.78 is 5.46. The minimum absolute atomic E-state index is 0.208. The van der Waals surface area contributed by atoms with Gasteiger partial charge in [0.2, 0.25) is 5.91 Å². The summed E-state index contributed by atoms with van der Waals surface area (Å²) in [6, 6.07) is 14.4. The summed E-state index contributed by atoms with van der Waals surface area (Å²) >= 11 is 0. The summed E-state index contributed by atoms with van der Waals surface area (Å²) in [5, 5.41) is 6.59. The molecule has 30 heavy (non-hydrogen) atoms. The van der Waals surface area contributed by atoms with Gasteiger partial charge in [-0.25, -0.2) is 4.99 Å². The van der Waals surface area contributed by atoms with Crippen molar-refractivity contribution >= 4 is 11.9 Å². The molecule has 0 saturated heterocycles. The van der Waals surface area contributed by atoms with E-state index in [4.69, 9.17) is 4.74 Å². The number of carbonyl (C=O) groups is 1. The Morgan fingerprint density at radius 2 is 1.87 bits per heavy atom. The van der Waals surface area contributed by atoms with Gasteiger partial charge in [-0.2, -0.15) is 0 Å². The summed E-state index contributed by atoms with van der Waals surface area (Å²) in [5.74, 6) is 1.81. The van der Waals surface area contributed by atoms with E-state index in [0.29, 0.717) is 19.5 Å². The first-order valence-corrected chi connectivity index (χ1v) is 10.6. The van der Waals surface area contributed by atoms with Crippen LogP contribution in [0.15, 0.2) is 47.5 Å². The van der Waals surface area contributed by atoms with Crippen LogP contribution >= 0.6 is 0 Å². The first-order valence-electron chi connectivity index (χ1n) is 10.6. The summed E-state index contributed by atoms with van der Waals surface area (Å²) in [6.45, 7) is 7.55. The van der Waals surface area contributed by atoms with Crippen molar-refractivity contribution in [1.29, 1.82) is 0 Å². The van der Waals surface area contributed by atoms with Gasteiger partial charge in [-0.1, -0.05) is 36.4 Å². The lowest BCUT2D eigenvalue weighted by Gasteiger charge is -2.16. The van der Waals surface area contributed by atoms with Crippen LogP contribution in [-0.4, -0.2) is 37.0 Å². The maximum Gasteiger partial charge on any atom is 0.223 e. The lowest BCUT2D eigenvalue weighted by atomic mass is 10.1. The van der Waals surface area contributed by atoms with Crippen molar-refractivity contribution in [2.24, 2.45) is 4.99 Å². The summed E-state index contributed by atoms with van der Waals surface area (Å²) in [6.07, 6.45) is 1.30. The molecule has 3 rings (SSSR count). The van der Waals surface area contributed by atoms with Crippen molar-refractivity contribution in [3.05, 3.63) is 64.7 Å². The quantitative estimate of drug-likeness (QED) is 0.399. The van der Waals surface area contributed by atoms with Crippen LogP contribution in [0.2, 0.25) is 0 Å². The zero-order valence-corrected chi connectivity index (χ0v) is 18.2. The van der Waals surface area contributed by atoms with Crippen molar-refractivity contribution in [1.82, 2.24) is 15.5 Å². The molecular formula is C24H32N4O2. The smallest absolute Gasteiger partial charge is 0.223 e. The number of ether oxygens (including phenoxy) is 1. The van der Waals surface area contributed by atoms with Crippen molar-refractivity contribution in [3.8, 4) is 5.75 Å². The molecule has 1 aliphatic rings. The van der Waals surface area contributed by atoms with Gasteiger partial charge in [0.05, 0.1) is 13.7 Å². The molecule has 1 aliphatic heterocycles. The second-order valence-electron chi connectivity index (χ2n) is 7.56. The SMILES string of the molecule is CCNC(=NCc1ccc(C)cc1OC)NCCCC(=O)N1Cc2ccccc2C1. The van der Waals surface area contributed by atoms with Gasteiger partial charge in [-0.05, 0) is 43.0 Å². The number of carbonyl (C=O) groups excluding carboxylic acids is 1. The third-order valence-electron chi connectivity index (χ3n) is 5.25. The van der Waals surface area contributed by atoms with E-state index in [9.17, 15) is 4.79 Å². The second kappa shape index (κ2) is 10.7. The first-order chi connectivity index (χ1) is 14.6. The van der Waals surface area contributed by atoms with Gasteiger partial charge in [0.25, 0.3) is 0 Å². The zero-order chi connectivity index (χ0) is 21.3. The van der Waals surface area contributed by atoms with Crippen LogP contribution in [0, 0.1) is 6.92 Å². The Kier molecular flexibility index (Phi) is 7.71. The maximum atomic E-state index is 12.5. The molecule has 6 nitrogen and oxygen atoms in total. The van der Waals surface area contributed by atoms with Crippen LogP contribution in [0.4, 0.5) is 0 Å². The average molecular weight is 409 g/mol. The highest BCUT2D eigenvalue weighted by atomic mass is 16.5. The standard InChI is InChI=1S/C24H32N4O2/c1-4-25-24(27-15-19-12-11-18(2)14-22(19)30-3)26-13-7-10-23(29)28-16-20-8-5-6-9-21(20)17-28/h5-6,8-9,11-12,14H,4,7,10,13,15-17H2,1-3H3,(H2,25,26,27). The number of nitrogens with one attached hydrogen (secondary N) is 2. The van der Waals surface area contributed by atoms with E-state index in [0.717, 1.165) is 48.9 Å². The molecule has 0 saturated carbocycles. The fraction of sp³-hybridized carbons (Fsp3) is 0.417. The molecule has 6 heteroatoms. The van der Waals surface area contributed by atoms with Gasteiger partial charge in [-0.3, -0.25) is 4.79 Å². The van der Waals surface area contributed by atoms with E-state index in [-0.39, 0.29) is 5.91 Å². The molecule has 1 heterocycles. The molecule has 0 aliphatic carbocycles. The van der Waals surface area contributed by atoms with Crippen molar-refractivity contribution < 1.29 is 9.53 Å². The predicted molar refractivity (Wildman–Crippen MR) is 120 cm³/mol. The van der Waals surface area contributed by atoms with Crippen LogP contribution < -0.4 is 15.4 Å². The van der Waals surface area contributed by atoms with Crippen LogP contribution in [0.5, 0.6) is 5.75 Å². The van der Waals surface area contributed by atoms with Crippen molar-refractivity contribution in [3.63, 3.8) is 0 Å². The second-order valence-corrected chi connectivity index (χ2v) is 7.56. The molecule has 0 atom stereocenters. The monoisotopic (exact) mass is 408 g/mol. The van der Waals surface area contributed by atoms with Crippen LogP contribution in [0.1, 0.15) is 42.0 Å². The molecule has 160 valence electrons. The summed E-state index contributed by atoms with van der Waals surface area (Å²) in [7, 11) is 1.68. The third kappa shape index (κ3) is 5.75. The molecule has 1 amide bonds. The van der Waals surface area contributed by atoms with Gasteiger partial charge in [-0.15, -0.1) is 0 Å². The highest BCUT2D eigenvalue weighted by Gasteiger charge is 2.22. The van der Waals surface area contributed by atoms with E-state index < -0.39 is 0 Å². The Morgan fingerprint density at radius 3 is 2.53 bits per heavy atom. The van der Waals surface area contributed by atoms with Gasteiger partial charge in [0.1, 0.15) is 5.75 Å². The molecule has 0 spiro atoms. The van der Waals surface area contributed by atoms with Crippen LogP contribution in [0.3, 0.4) is 0 Å². The number of aryl methyl sites for hydroxylation is 1. The predicted octanol–water partition coefficient (Wildman–Crippen LogP) is 3.38. The summed E-state index contributed by atoms with van der Waals surface area (Å²) in [5.41, 5.74) is 4.73. The van der Waals surface area contributed by atoms with E-state index >= 15 is 0 Å². The number of nitrogens with zero attached hydrogens (tertiary/aromatic N) is 2. The number of guanidine groups is 1. The minimum atomic E-state index is 0.208. The Bertz CT molecular complexity index is 870. The number of amides is 1. The van der Waals surface area contributed by atoms with Gasteiger partial charge >= 0.3 is 0 Å². The van der Waals surface area contributed by atoms with E-state index in [1.165, 1.54) is 11.1 Å². The van der Waals surface area contributed by atoms with E-state index in [1.54, 1.807) is 7.11 Å². The van der Waals surface area contributed by atoms with Crippen molar-refractivity contribution in [2.75, 3.05) is 20.2 Å². The van der Waals surface area contributed by atoms with Crippen LogP contribution in [0.25, 0.3) is 0 Å². The van der Waals surface area contributed by atoms with E-state index in [2.05, 4.69) is 33.8 Å². The average Bonchev–Trinajstić information content (AvgIpc) is 3.19. The maximum absolute atomic E-state index is 12.5. The van der Waals surface area contributed by atoms with Crippen molar-refractivity contribution in [2.45, 2.75) is 46.3 Å². The molecule has 2 N–H and O–H groups in total. The highest BCUT2D eigenvalue weighted by Crippen LogP contribution is 2.23. The first kappa shape index (κ1) is 21.7. The van der Waals surface area contributed by atoms with Crippen LogP contribution in [-0.2, 0) is 24.4 Å². The lowest BCUT2D eigenvalue weighted by molar-refractivity contribution is -0.131. The fourth-order valence-electron chi connectivity index (χ4n) is 3.60. The zero-order valence-electron chi connectivity index (χ0n) is 18.2. The molecule has 0 radical (unpaired) electrons.